The molecule has 0 bridgehead atoms. The van der Waals surface area contributed by atoms with Gasteiger partial charge < -0.3 is 4.74 Å². The van der Waals surface area contributed by atoms with Gasteiger partial charge in [-0.2, -0.15) is 0 Å². The van der Waals surface area contributed by atoms with Crippen LogP contribution in [0.15, 0.2) is 24.3 Å². The smallest absolute Gasteiger partial charge is 0.298 e. The summed E-state index contributed by atoms with van der Waals surface area (Å²) in [6.45, 7) is 5.81. The van der Waals surface area contributed by atoms with Crippen LogP contribution in [0, 0.1) is 5.41 Å². The second-order valence-electron chi connectivity index (χ2n) is 4.29. The molecule has 0 aliphatic heterocycles. The second-order valence-corrected chi connectivity index (χ2v) is 4.29. The van der Waals surface area contributed by atoms with Crippen molar-refractivity contribution < 1.29 is 14.3 Å². The van der Waals surface area contributed by atoms with Crippen molar-refractivity contribution in [3.8, 4) is 5.75 Å². The highest BCUT2D eigenvalue weighted by molar-refractivity contribution is 6.02. The number of carbonyl (C=O) groups is 2. The van der Waals surface area contributed by atoms with E-state index in [0.717, 1.165) is 0 Å². The summed E-state index contributed by atoms with van der Waals surface area (Å²) in [7, 11) is 0. The summed E-state index contributed by atoms with van der Waals surface area (Å²) in [4.78, 5) is 22.2. The second kappa shape index (κ2) is 4.26. The molecule has 0 spiro atoms. The standard InChI is InChI=1S/C12H14O3/c1-12(2,3)11(14)9-6-4-5-7-10(9)15-8-13/h4-8H,1-3H3. The third kappa shape index (κ3) is 2.65. The van der Waals surface area contributed by atoms with Crippen LogP contribution in [-0.2, 0) is 4.79 Å². The van der Waals surface area contributed by atoms with E-state index in [1.165, 1.54) is 0 Å². The zero-order chi connectivity index (χ0) is 11.5. The van der Waals surface area contributed by atoms with Gasteiger partial charge in [0.2, 0.25) is 0 Å². The first kappa shape index (κ1) is 11.4. The van der Waals surface area contributed by atoms with E-state index in [1.807, 2.05) is 20.8 Å². The molecule has 0 saturated carbocycles. The van der Waals surface area contributed by atoms with E-state index in [1.54, 1.807) is 24.3 Å². The molecule has 0 atom stereocenters. The van der Waals surface area contributed by atoms with Crippen molar-refractivity contribution in [3.05, 3.63) is 29.8 Å². The summed E-state index contributed by atoms with van der Waals surface area (Å²) in [5.41, 5.74) is -0.0420. The lowest BCUT2D eigenvalue weighted by atomic mass is 9.86. The van der Waals surface area contributed by atoms with Gasteiger partial charge in [-0.3, -0.25) is 9.59 Å². The van der Waals surface area contributed by atoms with E-state index >= 15 is 0 Å². The molecule has 1 rings (SSSR count). The van der Waals surface area contributed by atoms with E-state index in [2.05, 4.69) is 0 Å². The maximum atomic E-state index is 12.0. The van der Waals surface area contributed by atoms with Crippen molar-refractivity contribution in [2.45, 2.75) is 20.8 Å². The first-order valence-electron chi connectivity index (χ1n) is 4.71. The van der Waals surface area contributed by atoms with Crippen LogP contribution in [0.25, 0.3) is 0 Å². The minimum absolute atomic E-state index is 0.0417. The predicted molar refractivity (Wildman–Crippen MR) is 56.9 cm³/mol. The number of ether oxygens (including phenoxy) is 1. The molecular formula is C12H14O3. The third-order valence-electron chi connectivity index (χ3n) is 1.99. The van der Waals surface area contributed by atoms with Gasteiger partial charge >= 0.3 is 0 Å². The van der Waals surface area contributed by atoms with Gasteiger partial charge in [0.05, 0.1) is 5.56 Å². The Morgan fingerprint density at radius 2 is 1.87 bits per heavy atom. The van der Waals surface area contributed by atoms with Crippen LogP contribution in [0.4, 0.5) is 0 Å². The number of Topliss-reactive ketones (excluding diaryl/α,β-unsaturated/α-hetero) is 1. The lowest BCUT2D eigenvalue weighted by Crippen LogP contribution is -2.20. The summed E-state index contributed by atoms with van der Waals surface area (Å²) < 4.78 is 4.75. The molecule has 80 valence electrons. The zero-order valence-corrected chi connectivity index (χ0v) is 9.11. The number of hydrogen-bond donors (Lipinski definition) is 0. The molecule has 0 unspecified atom stereocenters. The Labute approximate surface area is 89.1 Å². The molecule has 0 heterocycles. The monoisotopic (exact) mass is 206 g/mol. The van der Waals surface area contributed by atoms with E-state index in [9.17, 15) is 9.59 Å². The van der Waals surface area contributed by atoms with Gasteiger partial charge in [0, 0.05) is 5.41 Å². The Hall–Kier alpha value is -1.64. The van der Waals surface area contributed by atoms with Crippen molar-refractivity contribution >= 4 is 12.3 Å². The highest BCUT2D eigenvalue weighted by Gasteiger charge is 2.25. The average molecular weight is 206 g/mol. The van der Waals surface area contributed by atoms with Gasteiger partial charge in [0.25, 0.3) is 6.47 Å². The fraction of sp³-hybridized carbons (Fsp3) is 0.333. The van der Waals surface area contributed by atoms with Crippen LogP contribution in [0.1, 0.15) is 31.1 Å². The molecular weight excluding hydrogens is 192 g/mol. The highest BCUT2D eigenvalue weighted by atomic mass is 16.5. The Morgan fingerprint density at radius 3 is 2.40 bits per heavy atom. The van der Waals surface area contributed by atoms with Crippen LogP contribution in [-0.4, -0.2) is 12.3 Å². The summed E-state index contributed by atoms with van der Waals surface area (Å²) in [5, 5.41) is 0. The minimum atomic E-state index is -0.484. The SMILES string of the molecule is CC(C)(C)C(=O)c1ccccc1OC=O. The topological polar surface area (TPSA) is 43.4 Å². The maximum absolute atomic E-state index is 12.0. The molecule has 0 N–H and O–H groups in total. The first-order valence-corrected chi connectivity index (χ1v) is 4.71. The van der Waals surface area contributed by atoms with Crippen LogP contribution >= 0.6 is 0 Å². The van der Waals surface area contributed by atoms with Crippen molar-refractivity contribution in [3.63, 3.8) is 0 Å². The van der Waals surface area contributed by atoms with Gasteiger partial charge in [-0.25, -0.2) is 0 Å². The number of ketones is 1. The number of benzene rings is 1. The predicted octanol–water partition coefficient (Wildman–Crippen LogP) is 2.45. The molecule has 3 heteroatoms. The molecule has 0 radical (unpaired) electrons. The first-order chi connectivity index (χ1) is 6.96. The van der Waals surface area contributed by atoms with Crippen LogP contribution in [0.2, 0.25) is 0 Å². The number of para-hydroxylation sites is 1. The largest absolute Gasteiger partial charge is 0.428 e. The van der Waals surface area contributed by atoms with Crippen molar-refractivity contribution in [2.75, 3.05) is 0 Å². The van der Waals surface area contributed by atoms with E-state index in [-0.39, 0.29) is 5.78 Å². The molecule has 0 amide bonds. The highest BCUT2D eigenvalue weighted by Crippen LogP contribution is 2.26. The van der Waals surface area contributed by atoms with Gasteiger partial charge in [0.15, 0.2) is 5.78 Å². The molecule has 1 aromatic rings. The zero-order valence-electron chi connectivity index (χ0n) is 9.11. The van der Waals surface area contributed by atoms with Gasteiger partial charge in [-0.15, -0.1) is 0 Å². The molecule has 3 nitrogen and oxygen atoms in total. The molecule has 0 saturated heterocycles. The lowest BCUT2D eigenvalue weighted by Gasteiger charge is -2.17. The average Bonchev–Trinajstić information content (AvgIpc) is 2.17. The fourth-order valence-electron chi connectivity index (χ4n) is 1.21. The normalized spacial score (nSPS) is 10.9. The Morgan fingerprint density at radius 1 is 1.27 bits per heavy atom. The van der Waals surface area contributed by atoms with Crippen molar-refractivity contribution in [1.82, 2.24) is 0 Å². The summed E-state index contributed by atoms with van der Waals surface area (Å²) in [5.74, 6) is 0.271. The Kier molecular flexibility index (Phi) is 3.24. The molecule has 1 aromatic carbocycles. The Bertz CT molecular complexity index is 375. The molecule has 0 fully saturated rings. The molecule has 15 heavy (non-hydrogen) atoms. The van der Waals surface area contributed by atoms with Crippen molar-refractivity contribution in [1.29, 1.82) is 0 Å². The molecule has 0 aliphatic carbocycles. The molecule has 0 aromatic heterocycles. The van der Waals surface area contributed by atoms with Crippen LogP contribution in [0.3, 0.4) is 0 Å². The van der Waals surface area contributed by atoms with Gasteiger partial charge in [-0.05, 0) is 12.1 Å². The van der Waals surface area contributed by atoms with E-state index in [4.69, 9.17) is 4.74 Å². The number of hydrogen-bond acceptors (Lipinski definition) is 3. The lowest BCUT2D eigenvalue weighted by molar-refractivity contribution is -0.120. The van der Waals surface area contributed by atoms with E-state index in [0.29, 0.717) is 17.8 Å². The summed E-state index contributed by atoms with van der Waals surface area (Å²) in [6.07, 6.45) is 0. The van der Waals surface area contributed by atoms with Gasteiger partial charge in [-0.1, -0.05) is 32.9 Å². The van der Waals surface area contributed by atoms with Crippen LogP contribution in [0.5, 0.6) is 5.75 Å². The summed E-state index contributed by atoms with van der Waals surface area (Å²) >= 11 is 0. The van der Waals surface area contributed by atoms with Gasteiger partial charge in [0.1, 0.15) is 5.75 Å². The fourth-order valence-corrected chi connectivity index (χ4v) is 1.21. The number of rotatable bonds is 3. The molecule has 0 aliphatic rings. The van der Waals surface area contributed by atoms with Crippen molar-refractivity contribution in [2.24, 2.45) is 5.41 Å². The van der Waals surface area contributed by atoms with E-state index < -0.39 is 5.41 Å². The van der Waals surface area contributed by atoms with Crippen LogP contribution < -0.4 is 4.74 Å². The minimum Gasteiger partial charge on any atom is -0.428 e. The third-order valence-corrected chi connectivity index (χ3v) is 1.99. The summed E-state index contributed by atoms with van der Waals surface area (Å²) in [6, 6.07) is 6.73. The number of carbonyl (C=O) groups excluding carboxylic acids is 2. The maximum Gasteiger partial charge on any atom is 0.298 e. The quantitative estimate of drug-likeness (QED) is 0.563. The Balaban J connectivity index is 3.13.